The largest absolute Gasteiger partial charge is 0.484 e. The van der Waals surface area contributed by atoms with E-state index >= 15 is 0 Å². The van der Waals surface area contributed by atoms with Crippen LogP contribution in [0.1, 0.15) is 54.1 Å². The summed E-state index contributed by atoms with van der Waals surface area (Å²) >= 11 is 0. The highest BCUT2D eigenvalue weighted by Crippen LogP contribution is 2.19. The molecule has 0 aliphatic carbocycles. The van der Waals surface area contributed by atoms with Crippen molar-refractivity contribution in [2.45, 2.75) is 45.6 Å². The lowest BCUT2D eigenvalue weighted by Crippen LogP contribution is -2.47. The van der Waals surface area contributed by atoms with Crippen molar-refractivity contribution in [2.75, 3.05) is 19.7 Å². The molecule has 5 heteroatoms. The number of hydrogen-bond acceptors (Lipinski definition) is 3. The van der Waals surface area contributed by atoms with Gasteiger partial charge in [0.15, 0.2) is 6.61 Å². The average Bonchev–Trinajstić information content (AvgIpc) is 2.73. The first-order valence-electron chi connectivity index (χ1n) is 10.3. The van der Waals surface area contributed by atoms with Crippen molar-refractivity contribution in [1.82, 2.24) is 10.2 Å². The number of ether oxygens (including phenoxy) is 1. The highest BCUT2D eigenvalue weighted by Gasteiger charge is 2.24. The molecule has 1 N–H and O–H groups in total. The van der Waals surface area contributed by atoms with Crippen LogP contribution in [0.25, 0.3) is 0 Å². The van der Waals surface area contributed by atoms with Crippen LogP contribution in [0.2, 0.25) is 0 Å². The molecule has 1 fully saturated rings. The highest BCUT2D eigenvalue weighted by molar-refractivity contribution is 5.95. The van der Waals surface area contributed by atoms with Crippen LogP contribution in [-0.4, -0.2) is 42.5 Å². The molecule has 1 aliphatic heterocycles. The van der Waals surface area contributed by atoms with Crippen molar-refractivity contribution in [3.63, 3.8) is 0 Å². The Labute approximate surface area is 173 Å². The van der Waals surface area contributed by atoms with Crippen molar-refractivity contribution in [2.24, 2.45) is 0 Å². The van der Waals surface area contributed by atoms with Crippen LogP contribution in [0.4, 0.5) is 0 Å². The molecule has 1 saturated heterocycles. The second kappa shape index (κ2) is 9.59. The quantitative estimate of drug-likeness (QED) is 0.808. The molecule has 1 heterocycles. The summed E-state index contributed by atoms with van der Waals surface area (Å²) in [7, 11) is 0. The molecule has 2 amide bonds. The molecule has 29 heavy (non-hydrogen) atoms. The van der Waals surface area contributed by atoms with Crippen LogP contribution in [0.3, 0.4) is 0 Å². The zero-order chi connectivity index (χ0) is 20.8. The van der Waals surface area contributed by atoms with Gasteiger partial charge < -0.3 is 15.0 Å². The van der Waals surface area contributed by atoms with Gasteiger partial charge in [-0.3, -0.25) is 9.59 Å². The van der Waals surface area contributed by atoms with E-state index < -0.39 is 0 Å². The molecule has 0 saturated carbocycles. The second-order valence-corrected chi connectivity index (χ2v) is 7.96. The van der Waals surface area contributed by atoms with Crippen molar-refractivity contribution >= 4 is 11.8 Å². The van der Waals surface area contributed by atoms with Crippen molar-refractivity contribution in [1.29, 1.82) is 0 Å². The lowest BCUT2D eigenvalue weighted by molar-refractivity contribution is -0.134. The van der Waals surface area contributed by atoms with Crippen LogP contribution >= 0.6 is 0 Å². The predicted octanol–water partition coefficient (Wildman–Crippen LogP) is 3.92. The Hall–Kier alpha value is -2.82. The fraction of sp³-hybridized carbons (Fsp3) is 0.417. The van der Waals surface area contributed by atoms with Gasteiger partial charge in [-0.2, -0.15) is 0 Å². The highest BCUT2D eigenvalue weighted by atomic mass is 16.5. The summed E-state index contributed by atoms with van der Waals surface area (Å²) in [5.74, 6) is 1.13. The third-order valence-corrected chi connectivity index (χ3v) is 5.48. The third-order valence-electron chi connectivity index (χ3n) is 5.48. The van der Waals surface area contributed by atoms with Gasteiger partial charge in [-0.05, 0) is 55.0 Å². The summed E-state index contributed by atoms with van der Waals surface area (Å²) in [6.07, 6.45) is 1.51. The van der Waals surface area contributed by atoms with E-state index in [2.05, 4.69) is 19.2 Å². The molecule has 5 nitrogen and oxygen atoms in total. The third kappa shape index (κ3) is 5.59. The monoisotopic (exact) mass is 394 g/mol. The summed E-state index contributed by atoms with van der Waals surface area (Å²) < 4.78 is 5.66. The van der Waals surface area contributed by atoms with Crippen LogP contribution in [0.5, 0.6) is 5.75 Å². The maximum atomic E-state index is 12.5. The van der Waals surface area contributed by atoms with E-state index in [1.807, 2.05) is 60.4 Å². The number of hydrogen-bond donors (Lipinski definition) is 1. The number of benzene rings is 2. The van der Waals surface area contributed by atoms with Crippen LogP contribution in [-0.2, 0) is 4.79 Å². The summed E-state index contributed by atoms with van der Waals surface area (Å²) in [5, 5.41) is 3.10. The number of nitrogens with one attached hydrogen (secondary N) is 1. The Morgan fingerprint density at radius 1 is 1.07 bits per heavy atom. The Morgan fingerprint density at radius 2 is 1.72 bits per heavy atom. The van der Waals surface area contributed by atoms with Crippen molar-refractivity contribution in [3.05, 3.63) is 65.2 Å². The normalized spacial score (nSPS) is 14.7. The fourth-order valence-electron chi connectivity index (χ4n) is 3.55. The van der Waals surface area contributed by atoms with Gasteiger partial charge in [0.25, 0.3) is 11.8 Å². The maximum Gasteiger partial charge on any atom is 0.260 e. The number of piperidine rings is 1. The molecule has 2 aromatic rings. The first-order valence-corrected chi connectivity index (χ1v) is 10.3. The molecular formula is C24H30N2O3. The van der Waals surface area contributed by atoms with Crippen molar-refractivity contribution in [3.8, 4) is 5.75 Å². The Morgan fingerprint density at radius 3 is 2.34 bits per heavy atom. The number of carbonyl (C=O) groups excluding carboxylic acids is 2. The molecule has 0 bridgehead atoms. The van der Waals surface area contributed by atoms with E-state index in [9.17, 15) is 9.59 Å². The number of rotatable bonds is 6. The van der Waals surface area contributed by atoms with Gasteiger partial charge in [0, 0.05) is 24.7 Å². The van der Waals surface area contributed by atoms with Gasteiger partial charge in [0.2, 0.25) is 0 Å². The molecule has 0 spiro atoms. The lowest BCUT2D eigenvalue weighted by Gasteiger charge is -2.32. The van der Waals surface area contributed by atoms with Crippen molar-refractivity contribution < 1.29 is 14.3 Å². The summed E-state index contributed by atoms with van der Waals surface area (Å²) in [6, 6.07) is 15.6. The number of aryl methyl sites for hydroxylation is 1. The topological polar surface area (TPSA) is 58.6 Å². The van der Waals surface area contributed by atoms with E-state index in [1.54, 1.807) is 0 Å². The Balaban J connectivity index is 1.43. The number of amides is 2. The zero-order valence-corrected chi connectivity index (χ0v) is 17.5. The standard InChI is InChI=1S/C24H30N2O3/c1-17(2)19-8-10-21(11-9-19)29-16-23(27)26-14-12-20(13-15-26)25-24(28)22-7-5-4-6-18(22)3/h4-11,17,20H,12-16H2,1-3H3,(H,25,28). The van der Waals surface area contributed by atoms with Crippen LogP contribution in [0.15, 0.2) is 48.5 Å². The van der Waals surface area contributed by atoms with Gasteiger partial charge in [0.1, 0.15) is 5.75 Å². The zero-order valence-electron chi connectivity index (χ0n) is 17.5. The lowest BCUT2D eigenvalue weighted by atomic mass is 10.0. The molecule has 2 aromatic carbocycles. The van der Waals surface area contributed by atoms with Gasteiger partial charge >= 0.3 is 0 Å². The number of likely N-dealkylation sites (tertiary alicyclic amines) is 1. The SMILES string of the molecule is Cc1ccccc1C(=O)NC1CCN(C(=O)COc2ccc(C(C)C)cc2)CC1. The summed E-state index contributed by atoms with van der Waals surface area (Å²) in [4.78, 5) is 26.7. The maximum absolute atomic E-state index is 12.5. The van der Waals surface area contributed by atoms with E-state index in [-0.39, 0.29) is 24.5 Å². The minimum absolute atomic E-state index is 0.0124. The molecule has 154 valence electrons. The van der Waals surface area contributed by atoms with E-state index in [1.165, 1.54) is 5.56 Å². The molecule has 0 atom stereocenters. The average molecular weight is 395 g/mol. The summed E-state index contributed by atoms with van der Waals surface area (Å²) in [5.41, 5.74) is 2.93. The molecule has 0 aromatic heterocycles. The molecule has 0 radical (unpaired) electrons. The smallest absolute Gasteiger partial charge is 0.260 e. The van der Waals surface area contributed by atoms with Gasteiger partial charge in [-0.15, -0.1) is 0 Å². The van der Waals surface area contributed by atoms with Gasteiger partial charge in [-0.25, -0.2) is 0 Å². The molecule has 3 rings (SSSR count). The number of nitrogens with zero attached hydrogens (tertiary/aromatic N) is 1. The minimum Gasteiger partial charge on any atom is -0.484 e. The summed E-state index contributed by atoms with van der Waals surface area (Å²) in [6.45, 7) is 7.53. The van der Waals surface area contributed by atoms with Crippen LogP contribution < -0.4 is 10.1 Å². The van der Waals surface area contributed by atoms with Gasteiger partial charge in [-0.1, -0.05) is 44.2 Å². The number of carbonyl (C=O) groups is 2. The van der Waals surface area contributed by atoms with Gasteiger partial charge in [0.05, 0.1) is 0 Å². The Bertz CT molecular complexity index is 837. The van der Waals surface area contributed by atoms with E-state index in [0.29, 0.717) is 30.3 Å². The van der Waals surface area contributed by atoms with Crippen LogP contribution in [0, 0.1) is 6.92 Å². The molecule has 0 unspecified atom stereocenters. The first kappa shape index (κ1) is 20.9. The molecule has 1 aliphatic rings. The minimum atomic E-state index is -0.0407. The Kier molecular flexibility index (Phi) is 6.91. The first-order chi connectivity index (χ1) is 13.9. The predicted molar refractivity (Wildman–Crippen MR) is 114 cm³/mol. The van der Waals surface area contributed by atoms with E-state index in [4.69, 9.17) is 4.74 Å². The fourth-order valence-corrected chi connectivity index (χ4v) is 3.55. The molecular weight excluding hydrogens is 364 g/mol. The van der Waals surface area contributed by atoms with E-state index in [0.717, 1.165) is 18.4 Å². The second-order valence-electron chi connectivity index (χ2n) is 7.96.